The van der Waals surface area contributed by atoms with Gasteiger partial charge in [-0.3, -0.25) is 4.79 Å². The lowest BCUT2D eigenvalue weighted by Crippen LogP contribution is -2.11. The number of benzene rings is 1. The van der Waals surface area contributed by atoms with E-state index in [0.717, 1.165) is 0 Å². The van der Waals surface area contributed by atoms with Crippen LogP contribution in [0, 0.1) is 12.3 Å². The normalized spacial score (nSPS) is 9.40. The fraction of sp³-hybridized carbons (Fsp3) is 0.182. The van der Waals surface area contributed by atoms with Gasteiger partial charge in [0.15, 0.2) is 0 Å². The maximum absolute atomic E-state index is 11.3. The fourth-order valence-corrected chi connectivity index (χ4v) is 1.35. The molecular weight excluding hydrogens is 233 g/mol. The third-order valence-electron chi connectivity index (χ3n) is 1.72. The van der Waals surface area contributed by atoms with Crippen molar-refractivity contribution in [3.8, 4) is 12.3 Å². The Morgan fingerprint density at radius 2 is 2.20 bits per heavy atom. The van der Waals surface area contributed by atoms with Gasteiger partial charge in [-0.25, -0.2) is 0 Å². The number of halogens is 2. The zero-order valence-corrected chi connectivity index (χ0v) is 9.40. The second-order valence-corrected chi connectivity index (χ2v) is 3.64. The molecule has 0 spiro atoms. The quantitative estimate of drug-likeness (QED) is 0.809. The molecule has 0 atom stereocenters. The van der Waals surface area contributed by atoms with Gasteiger partial charge in [0, 0.05) is 12.8 Å². The second kappa shape index (κ2) is 5.65. The molecule has 1 rings (SSSR count). The van der Waals surface area contributed by atoms with Crippen LogP contribution in [-0.4, -0.2) is 5.91 Å². The van der Waals surface area contributed by atoms with Crippen molar-refractivity contribution in [2.45, 2.75) is 12.8 Å². The highest BCUT2D eigenvalue weighted by Gasteiger charge is 2.07. The van der Waals surface area contributed by atoms with Gasteiger partial charge in [0.1, 0.15) is 0 Å². The maximum atomic E-state index is 11.3. The monoisotopic (exact) mass is 241 g/mol. The molecule has 0 aliphatic heterocycles. The average Bonchev–Trinajstić information content (AvgIpc) is 2.22. The summed E-state index contributed by atoms with van der Waals surface area (Å²) < 4.78 is 0. The first-order valence-corrected chi connectivity index (χ1v) is 5.08. The van der Waals surface area contributed by atoms with E-state index in [4.69, 9.17) is 29.6 Å². The Morgan fingerprint density at radius 3 is 2.87 bits per heavy atom. The molecule has 78 valence electrons. The lowest BCUT2D eigenvalue weighted by Gasteiger charge is -2.06. The smallest absolute Gasteiger partial charge is 0.225 e. The highest BCUT2D eigenvalue weighted by Crippen LogP contribution is 2.29. The summed E-state index contributed by atoms with van der Waals surface area (Å²) in [5, 5.41) is 3.38. The van der Waals surface area contributed by atoms with Crippen LogP contribution in [0.2, 0.25) is 10.0 Å². The van der Waals surface area contributed by atoms with E-state index >= 15 is 0 Å². The number of terminal acetylenes is 1. The van der Waals surface area contributed by atoms with Gasteiger partial charge in [-0.15, -0.1) is 12.3 Å². The van der Waals surface area contributed by atoms with Crippen LogP contribution in [0.5, 0.6) is 0 Å². The zero-order chi connectivity index (χ0) is 11.3. The molecular formula is C11H9Cl2NO. The first-order valence-electron chi connectivity index (χ1n) is 4.32. The van der Waals surface area contributed by atoms with Crippen LogP contribution in [0.1, 0.15) is 12.8 Å². The first-order chi connectivity index (χ1) is 7.15. The van der Waals surface area contributed by atoms with Crippen molar-refractivity contribution in [2.24, 2.45) is 0 Å². The molecule has 15 heavy (non-hydrogen) atoms. The third kappa shape index (κ3) is 3.47. The summed E-state index contributed by atoms with van der Waals surface area (Å²) in [7, 11) is 0. The molecule has 0 unspecified atom stereocenters. The number of amides is 1. The summed E-state index contributed by atoms with van der Waals surface area (Å²) in [6.45, 7) is 0. The Hall–Kier alpha value is -1.17. The van der Waals surface area contributed by atoms with E-state index in [2.05, 4.69) is 11.2 Å². The minimum atomic E-state index is -0.169. The number of nitrogens with one attached hydrogen (secondary N) is 1. The fourth-order valence-electron chi connectivity index (χ4n) is 0.999. The van der Waals surface area contributed by atoms with Gasteiger partial charge < -0.3 is 5.32 Å². The van der Waals surface area contributed by atoms with E-state index < -0.39 is 0 Å². The lowest BCUT2D eigenvalue weighted by molar-refractivity contribution is -0.116. The minimum Gasteiger partial charge on any atom is -0.325 e. The Labute approximate surface area is 98.6 Å². The van der Waals surface area contributed by atoms with Crippen molar-refractivity contribution in [1.82, 2.24) is 0 Å². The van der Waals surface area contributed by atoms with Crippen LogP contribution in [0.4, 0.5) is 5.69 Å². The van der Waals surface area contributed by atoms with Crippen molar-refractivity contribution in [3.05, 3.63) is 28.2 Å². The number of hydrogen-bond donors (Lipinski definition) is 1. The molecule has 0 aliphatic rings. The molecule has 1 amide bonds. The number of rotatable bonds is 3. The summed E-state index contributed by atoms with van der Waals surface area (Å²) in [6, 6.07) is 5.05. The number of carbonyl (C=O) groups is 1. The van der Waals surface area contributed by atoms with E-state index in [1.54, 1.807) is 18.2 Å². The first kappa shape index (κ1) is 11.9. The zero-order valence-electron chi connectivity index (χ0n) is 7.89. The van der Waals surface area contributed by atoms with Gasteiger partial charge in [-0.05, 0) is 12.1 Å². The van der Waals surface area contributed by atoms with E-state index in [1.165, 1.54) is 0 Å². The molecule has 0 aliphatic carbocycles. The molecule has 0 fully saturated rings. The summed E-state index contributed by atoms with van der Waals surface area (Å²) >= 11 is 11.7. The van der Waals surface area contributed by atoms with Gasteiger partial charge in [-0.1, -0.05) is 29.3 Å². The molecule has 0 radical (unpaired) electrons. The van der Waals surface area contributed by atoms with Gasteiger partial charge in [0.2, 0.25) is 5.91 Å². The minimum absolute atomic E-state index is 0.169. The predicted molar refractivity (Wildman–Crippen MR) is 63.2 cm³/mol. The van der Waals surface area contributed by atoms with Crippen molar-refractivity contribution in [3.63, 3.8) is 0 Å². The Kier molecular flexibility index (Phi) is 4.48. The van der Waals surface area contributed by atoms with Gasteiger partial charge in [-0.2, -0.15) is 0 Å². The predicted octanol–water partition coefficient (Wildman–Crippen LogP) is 3.35. The van der Waals surface area contributed by atoms with Crippen molar-refractivity contribution in [2.75, 3.05) is 5.32 Å². The summed E-state index contributed by atoms with van der Waals surface area (Å²) in [5.74, 6) is 2.22. The van der Waals surface area contributed by atoms with Gasteiger partial charge >= 0.3 is 0 Å². The van der Waals surface area contributed by atoms with E-state index in [9.17, 15) is 4.79 Å². The van der Waals surface area contributed by atoms with Crippen molar-refractivity contribution < 1.29 is 4.79 Å². The Balaban J connectivity index is 2.69. The summed E-state index contributed by atoms with van der Waals surface area (Å²) in [5.41, 5.74) is 0.506. The molecule has 2 nitrogen and oxygen atoms in total. The third-order valence-corrected chi connectivity index (χ3v) is 2.54. The summed E-state index contributed by atoms with van der Waals surface area (Å²) in [6.07, 6.45) is 5.73. The highest BCUT2D eigenvalue weighted by molar-refractivity contribution is 6.43. The molecule has 0 saturated heterocycles. The molecule has 0 aromatic heterocycles. The van der Waals surface area contributed by atoms with Crippen LogP contribution in [-0.2, 0) is 4.79 Å². The Bertz CT molecular complexity index is 410. The van der Waals surface area contributed by atoms with Crippen LogP contribution in [0.25, 0.3) is 0 Å². The standard InChI is InChI=1S/C11H9Cl2NO/c1-2-3-7-10(15)14-9-6-4-5-8(12)11(9)13/h1,4-6H,3,7H2,(H,14,15). The van der Waals surface area contributed by atoms with Crippen LogP contribution in [0.15, 0.2) is 18.2 Å². The van der Waals surface area contributed by atoms with Crippen molar-refractivity contribution in [1.29, 1.82) is 0 Å². The number of hydrogen-bond acceptors (Lipinski definition) is 1. The second-order valence-electron chi connectivity index (χ2n) is 2.85. The van der Waals surface area contributed by atoms with Crippen LogP contribution < -0.4 is 5.32 Å². The maximum Gasteiger partial charge on any atom is 0.225 e. The molecule has 0 heterocycles. The highest BCUT2D eigenvalue weighted by atomic mass is 35.5. The average molecular weight is 242 g/mol. The largest absolute Gasteiger partial charge is 0.325 e. The van der Waals surface area contributed by atoms with E-state index in [0.29, 0.717) is 22.2 Å². The van der Waals surface area contributed by atoms with Gasteiger partial charge in [0.05, 0.1) is 15.7 Å². The van der Waals surface area contributed by atoms with Crippen LogP contribution >= 0.6 is 23.2 Å². The molecule has 1 aromatic carbocycles. The molecule has 4 heteroatoms. The molecule has 1 aromatic rings. The van der Waals surface area contributed by atoms with E-state index in [-0.39, 0.29) is 12.3 Å². The topological polar surface area (TPSA) is 29.1 Å². The lowest BCUT2D eigenvalue weighted by atomic mass is 10.2. The van der Waals surface area contributed by atoms with E-state index in [1.807, 2.05) is 0 Å². The van der Waals surface area contributed by atoms with Gasteiger partial charge in [0.25, 0.3) is 0 Å². The molecule has 0 saturated carbocycles. The van der Waals surface area contributed by atoms with Crippen molar-refractivity contribution >= 4 is 34.8 Å². The number of carbonyl (C=O) groups excluding carboxylic acids is 1. The SMILES string of the molecule is C#CCCC(=O)Nc1cccc(Cl)c1Cl. The Morgan fingerprint density at radius 1 is 1.47 bits per heavy atom. The number of anilines is 1. The molecule has 1 N–H and O–H groups in total. The summed E-state index contributed by atoms with van der Waals surface area (Å²) in [4.78, 5) is 11.3. The van der Waals surface area contributed by atoms with Crippen LogP contribution in [0.3, 0.4) is 0 Å². The molecule has 0 bridgehead atoms.